The number of rotatable bonds is 4. The molecule has 5 rings (SSSR count). The number of amides is 2. The number of pyridine rings is 1. The normalized spacial score (nSPS) is 16.2. The molecule has 3 aromatic rings. The highest BCUT2D eigenvalue weighted by molar-refractivity contribution is 9.10. The molecule has 212 valence electrons. The van der Waals surface area contributed by atoms with Crippen LogP contribution >= 0.6 is 15.9 Å². The quantitative estimate of drug-likeness (QED) is 0.420. The number of carbonyl (C=O) groups is 2. The fraction of sp³-hybridized carbons (Fsp3) is 0.414. The minimum Gasteiger partial charge on any atom is -0.493 e. The number of hydrogen-bond acceptors (Lipinski definition) is 6. The van der Waals surface area contributed by atoms with Crippen LogP contribution in [0.25, 0.3) is 16.5 Å². The molecule has 2 aliphatic rings. The predicted octanol–water partition coefficient (Wildman–Crippen LogP) is 5.46. The van der Waals surface area contributed by atoms with E-state index in [-0.39, 0.29) is 12.0 Å². The largest absolute Gasteiger partial charge is 0.493 e. The van der Waals surface area contributed by atoms with E-state index >= 15 is 0 Å². The average molecular weight is 615 g/mol. The second kappa shape index (κ2) is 11.1. The highest BCUT2D eigenvalue weighted by Crippen LogP contribution is 2.32. The molecule has 0 atom stereocenters. The summed E-state index contributed by atoms with van der Waals surface area (Å²) in [7, 11) is 1.49. The van der Waals surface area contributed by atoms with E-state index in [9.17, 15) is 14.0 Å². The molecule has 2 aliphatic heterocycles. The van der Waals surface area contributed by atoms with Crippen LogP contribution in [0.2, 0.25) is 0 Å². The van der Waals surface area contributed by atoms with Crippen molar-refractivity contribution in [3.05, 3.63) is 58.1 Å². The Balaban J connectivity index is 1.29. The van der Waals surface area contributed by atoms with Crippen LogP contribution in [0, 0.1) is 5.82 Å². The lowest BCUT2D eigenvalue weighted by molar-refractivity contribution is 0.0273. The molecule has 0 saturated carbocycles. The SMILES string of the molecule is COc1cc(F)cnc1N1CCN(C(=O)c2cc(Br)c3[nH]c(C4=CCCN(C(=O)OC(C)(C)C)C4)cc3c2)CC1. The number of nitrogens with zero attached hydrogens (tertiary/aromatic N) is 4. The lowest BCUT2D eigenvalue weighted by Gasteiger charge is -2.36. The summed E-state index contributed by atoms with van der Waals surface area (Å²) in [6.07, 6.45) is 3.72. The summed E-state index contributed by atoms with van der Waals surface area (Å²) in [5, 5.41) is 0.905. The van der Waals surface area contributed by atoms with Crippen LogP contribution in [0.1, 0.15) is 43.2 Å². The highest BCUT2D eigenvalue weighted by Gasteiger charge is 2.27. The first-order chi connectivity index (χ1) is 19.0. The molecule has 0 spiro atoms. The maximum atomic E-state index is 13.6. The Morgan fingerprint density at radius 3 is 2.50 bits per heavy atom. The van der Waals surface area contributed by atoms with E-state index in [4.69, 9.17) is 9.47 Å². The van der Waals surface area contributed by atoms with Crippen LogP contribution in [-0.4, -0.2) is 83.7 Å². The van der Waals surface area contributed by atoms with E-state index in [1.54, 1.807) is 4.90 Å². The minimum atomic E-state index is -0.551. The molecule has 0 bridgehead atoms. The van der Waals surface area contributed by atoms with Gasteiger partial charge in [-0.2, -0.15) is 0 Å². The molecule has 0 aliphatic carbocycles. The second-order valence-corrected chi connectivity index (χ2v) is 11.8. The topological polar surface area (TPSA) is 91.0 Å². The molecular formula is C29H33BrFN5O4. The smallest absolute Gasteiger partial charge is 0.410 e. The molecule has 1 aromatic carbocycles. The Labute approximate surface area is 241 Å². The number of aromatic nitrogens is 2. The monoisotopic (exact) mass is 613 g/mol. The molecule has 1 N–H and O–H groups in total. The zero-order valence-electron chi connectivity index (χ0n) is 23.1. The highest BCUT2D eigenvalue weighted by atomic mass is 79.9. The van der Waals surface area contributed by atoms with Crippen molar-refractivity contribution >= 4 is 50.2 Å². The van der Waals surface area contributed by atoms with Crippen LogP contribution in [0.5, 0.6) is 5.75 Å². The third-order valence-electron chi connectivity index (χ3n) is 6.96. The van der Waals surface area contributed by atoms with Crippen molar-refractivity contribution in [3.63, 3.8) is 0 Å². The predicted molar refractivity (Wildman–Crippen MR) is 155 cm³/mol. The third kappa shape index (κ3) is 5.94. The van der Waals surface area contributed by atoms with Crippen molar-refractivity contribution in [1.82, 2.24) is 19.8 Å². The van der Waals surface area contributed by atoms with E-state index in [1.165, 1.54) is 19.4 Å². The molecule has 40 heavy (non-hydrogen) atoms. The van der Waals surface area contributed by atoms with Gasteiger partial charge in [0.25, 0.3) is 5.91 Å². The van der Waals surface area contributed by atoms with E-state index in [1.807, 2.05) is 48.8 Å². The number of carbonyl (C=O) groups excluding carboxylic acids is 2. The van der Waals surface area contributed by atoms with Crippen molar-refractivity contribution < 1.29 is 23.5 Å². The molecule has 2 amide bonds. The van der Waals surface area contributed by atoms with Gasteiger partial charge in [-0.1, -0.05) is 6.08 Å². The number of aromatic amines is 1. The Kier molecular flexibility index (Phi) is 7.76. The Hall–Kier alpha value is -3.60. The number of halogens is 2. The first-order valence-corrected chi connectivity index (χ1v) is 14.0. The molecule has 1 fully saturated rings. The fourth-order valence-corrected chi connectivity index (χ4v) is 5.60. The zero-order valence-corrected chi connectivity index (χ0v) is 24.7. The molecule has 0 unspecified atom stereocenters. The molecule has 1 saturated heterocycles. The molecule has 4 heterocycles. The average Bonchev–Trinajstić information content (AvgIpc) is 3.37. The maximum Gasteiger partial charge on any atom is 0.410 e. The third-order valence-corrected chi connectivity index (χ3v) is 7.59. The number of fused-ring (bicyclic) bond motifs is 1. The van der Waals surface area contributed by atoms with Crippen molar-refractivity contribution in [2.75, 3.05) is 51.3 Å². The summed E-state index contributed by atoms with van der Waals surface area (Å²) >= 11 is 3.64. The van der Waals surface area contributed by atoms with Crippen LogP contribution < -0.4 is 9.64 Å². The fourth-order valence-electron chi connectivity index (χ4n) is 5.02. The maximum absolute atomic E-state index is 13.6. The summed E-state index contributed by atoms with van der Waals surface area (Å²) in [4.78, 5) is 39.3. The summed E-state index contributed by atoms with van der Waals surface area (Å²) in [5.41, 5.74) is 2.84. The van der Waals surface area contributed by atoms with Crippen LogP contribution in [-0.2, 0) is 4.74 Å². The number of hydrogen-bond donors (Lipinski definition) is 1. The lowest BCUT2D eigenvalue weighted by atomic mass is 10.1. The molecule has 2 aromatic heterocycles. The van der Waals surface area contributed by atoms with Gasteiger partial charge in [0, 0.05) is 59.9 Å². The van der Waals surface area contributed by atoms with Gasteiger partial charge in [0.15, 0.2) is 11.6 Å². The van der Waals surface area contributed by atoms with Crippen molar-refractivity contribution in [3.8, 4) is 5.75 Å². The Morgan fingerprint density at radius 1 is 1.05 bits per heavy atom. The van der Waals surface area contributed by atoms with E-state index < -0.39 is 11.4 Å². The summed E-state index contributed by atoms with van der Waals surface area (Å²) in [5.74, 6) is 0.433. The summed E-state index contributed by atoms with van der Waals surface area (Å²) in [6.45, 7) is 8.76. The van der Waals surface area contributed by atoms with Gasteiger partial charge in [-0.3, -0.25) is 4.79 Å². The first-order valence-electron chi connectivity index (χ1n) is 13.3. The van der Waals surface area contributed by atoms with Gasteiger partial charge in [0.2, 0.25) is 0 Å². The number of nitrogens with one attached hydrogen (secondary N) is 1. The van der Waals surface area contributed by atoms with Gasteiger partial charge in [-0.05, 0) is 66.9 Å². The van der Waals surface area contributed by atoms with E-state index in [2.05, 4.69) is 32.0 Å². The second-order valence-electron chi connectivity index (χ2n) is 11.0. The van der Waals surface area contributed by atoms with Crippen LogP contribution in [0.4, 0.5) is 15.0 Å². The van der Waals surface area contributed by atoms with E-state index in [0.717, 1.165) is 33.1 Å². The number of piperazine rings is 1. The van der Waals surface area contributed by atoms with Crippen LogP contribution in [0.3, 0.4) is 0 Å². The number of H-pyrrole nitrogens is 1. The molecule has 0 radical (unpaired) electrons. The standard InChI is InChI=1S/C29H33BrFN5O4/c1-29(2,3)40-28(38)36-7-5-6-18(17-36)23-14-19-12-20(13-22(30)25(19)33-23)27(37)35-10-8-34(9-11-35)26-24(39-4)15-21(31)16-32-26/h6,12-16,33H,5,7-11,17H2,1-4H3. The lowest BCUT2D eigenvalue weighted by Crippen LogP contribution is -2.49. The molecular weight excluding hydrogens is 581 g/mol. The van der Waals surface area contributed by atoms with Gasteiger partial charge in [0.05, 0.1) is 25.4 Å². The summed E-state index contributed by atoms with van der Waals surface area (Å²) in [6, 6.07) is 7.07. The van der Waals surface area contributed by atoms with Gasteiger partial charge in [-0.15, -0.1) is 0 Å². The molecule has 9 nitrogen and oxygen atoms in total. The van der Waals surface area contributed by atoms with Gasteiger partial charge < -0.3 is 29.2 Å². The summed E-state index contributed by atoms with van der Waals surface area (Å²) < 4.78 is 25.2. The molecule has 11 heteroatoms. The minimum absolute atomic E-state index is 0.0583. The van der Waals surface area contributed by atoms with Gasteiger partial charge >= 0.3 is 6.09 Å². The Morgan fingerprint density at radius 2 is 1.80 bits per heavy atom. The van der Waals surface area contributed by atoms with Gasteiger partial charge in [-0.25, -0.2) is 14.2 Å². The Bertz CT molecular complexity index is 1470. The first kappa shape index (κ1) is 27.9. The number of methoxy groups -OCH3 is 1. The van der Waals surface area contributed by atoms with Crippen molar-refractivity contribution in [2.24, 2.45) is 0 Å². The van der Waals surface area contributed by atoms with E-state index in [0.29, 0.717) is 56.4 Å². The number of ether oxygens (including phenoxy) is 2. The zero-order chi connectivity index (χ0) is 28.6. The van der Waals surface area contributed by atoms with Crippen molar-refractivity contribution in [2.45, 2.75) is 32.8 Å². The van der Waals surface area contributed by atoms with Gasteiger partial charge in [0.1, 0.15) is 11.4 Å². The van der Waals surface area contributed by atoms with Crippen molar-refractivity contribution in [1.29, 1.82) is 0 Å². The van der Waals surface area contributed by atoms with Crippen LogP contribution in [0.15, 0.2) is 41.0 Å². The number of benzene rings is 1. The number of anilines is 1.